The van der Waals surface area contributed by atoms with Crippen LogP contribution in [-0.4, -0.2) is 0 Å². The highest BCUT2D eigenvalue weighted by Crippen LogP contribution is 2.23. The first kappa shape index (κ1) is 14.5. The first-order valence-corrected chi connectivity index (χ1v) is 6.97. The molecular formula is C15H16BrNO. The molecular weight excluding hydrogens is 290 g/mol. The van der Waals surface area contributed by atoms with Crippen LogP contribution in [0.15, 0.2) is 42.2 Å². The zero-order chi connectivity index (χ0) is 13.4. The highest BCUT2D eigenvalue weighted by atomic mass is 79.9. The Kier molecular flexibility index (Phi) is 6.24. The second-order valence-corrected chi connectivity index (χ2v) is 4.25. The molecule has 0 spiro atoms. The van der Waals surface area contributed by atoms with Gasteiger partial charge in [-0.2, -0.15) is 5.26 Å². The summed E-state index contributed by atoms with van der Waals surface area (Å²) in [4.78, 5) is 0. The van der Waals surface area contributed by atoms with Crippen LogP contribution in [0, 0.1) is 11.3 Å². The summed E-state index contributed by atoms with van der Waals surface area (Å²) < 4.78 is 5.79. The SMILES string of the molecule is C/C=C\C(=C/CC)Oc1cc(CBr)ccc1C#N. The van der Waals surface area contributed by atoms with Gasteiger partial charge in [0.15, 0.2) is 0 Å². The van der Waals surface area contributed by atoms with Gasteiger partial charge in [0.25, 0.3) is 0 Å². The maximum absolute atomic E-state index is 9.08. The molecule has 0 aliphatic carbocycles. The third-order valence-corrected chi connectivity index (χ3v) is 2.93. The predicted molar refractivity (Wildman–Crippen MR) is 77.6 cm³/mol. The Bertz CT molecular complexity index is 498. The molecule has 0 saturated heterocycles. The molecule has 0 heterocycles. The van der Waals surface area contributed by atoms with Crippen molar-refractivity contribution in [3.8, 4) is 11.8 Å². The monoisotopic (exact) mass is 305 g/mol. The lowest BCUT2D eigenvalue weighted by molar-refractivity contribution is 0.440. The van der Waals surface area contributed by atoms with Crippen LogP contribution in [-0.2, 0) is 5.33 Å². The van der Waals surface area contributed by atoms with Gasteiger partial charge in [-0.1, -0.05) is 35.0 Å². The van der Waals surface area contributed by atoms with Gasteiger partial charge in [-0.25, -0.2) is 0 Å². The van der Waals surface area contributed by atoms with Gasteiger partial charge in [-0.05, 0) is 43.2 Å². The van der Waals surface area contributed by atoms with Crippen LogP contribution in [0.4, 0.5) is 0 Å². The van der Waals surface area contributed by atoms with Gasteiger partial charge in [0.2, 0.25) is 0 Å². The predicted octanol–water partition coefficient (Wildman–Crippen LogP) is 4.70. The Hall–Kier alpha value is -1.53. The summed E-state index contributed by atoms with van der Waals surface area (Å²) in [6.45, 7) is 3.99. The lowest BCUT2D eigenvalue weighted by Crippen LogP contribution is -1.96. The molecule has 0 radical (unpaired) electrons. The minimum Gasteiger partial charge on any atom is -0.456 e. The molecule has 1 aromatic carbocycles. The molecule has 1 aromatic rings. The van der Waals surface area contributed by atoms with Crippen LogP contribution in [0.25, 0.3) is 0 Å². The van der Waals surface area contributed by atoms with Gasteiger partial charge in [0, 0.05) is 5.33 Å². The van der Waals surface area contributed by atoms with E-state index in [1.807, 2.05) is 44.2 Å². The maximum atomic E-state index is 9.08. The molecule has 0 aliphatic rings. The van der Waals surface area contributed by atoms with Gasteiger partial charge in [-0.15, -0.1) is 0 Å². The Labute approximate surface area is 117 Å². The van der Waals surface area contributed by atoms with E-state index in [9.17, 15) is 0 Å². The van der Waals surface area contributed by atoms with Gasteiger partial charge in [0.05, 0.1) is 5.56 Å². The van der Waals surface area contributed by atoms with E-state index in [1.54, 1.807) is 6.07 Å². The standard InChI is InChI=1S/C15H16BrNO/c1-3-5-14(6-4-2)18-15-9-12(10-16)7-8-13(15)11-17/h3,5-9H,4,10H2,1-2H3/b5-3-,14-6+. The number of benzene rings is 1. The highest BCUT2D eigenvalue weighted by Gasteiger charge is 2.06. The summed E-state index contributed by atoms with van der Waals surface area (Å²) in [5, 5.41) is 9.82. The van der Waals surface area contributed by atoms with Crippen molar-refractivity contribution in [1.82, 2.24) is 0 Å². The number of alkyl halides is 1. The van der Waals surface area contributed by atoms with Gasteiger partial charge < -0.3 is 4.74 Å². The van der Waals surface area contributed by atoms with Crippen molar-refractivity contribution in [2.75, 3.05) is 0 Å². The summed E-state index contributed by atoms with van der Waals surface area (Å²) in [7, 11) is 0. The third-order valence-electron chi connectivity index (χ3n) is 2.28. The molecule has 0 fully saturated rings. The Balaban J connectivity index is 3.08. The van der Waals surface area contributed by atoms with E-state index in [0.717, 1.165) is 23.1 Å². The van der Waals surface area contributed by atoms with Crippen molar-refractivity contribution >= 4 is 15.9 Å². The molecule has 0 aliphatic heterocycles. The van der Waals surface area contributed by atoms with Crippen molar-refractivity contribution in [2.24, 2.45) is 0 Å². The van der Waals surface area contributed by atoms with Gasteiger partial charge >= 0.3 is 0 Å². The second-order valence-electron chi connectivity index (χ2n) is 3.69. The second kappa shape index (κ2) is 7.73. The van der Waals surface area contributed by atoms with Crippen LogP contribution in [0.1, 0.15) is 31.4 Å². The summed E-state index contributed by atoms with van der Waals surface area (Å²) in [6, 6.07) is 7.73. The van der Waals surface area contributed by atoms with Crippen LogP contribution >= 0.6 is 15.9 Å². The molecule has 0 atom stereocenters. The van der Waals surface area contributed by atoms with Crippen molar-refractivity contribution in [3.63, 3.8) is 0 Å². The van der Waals surface area contributed by atoms with Gasteiger partial charge in [-0.3, -0.25) is 0 Å². The lowest BCUT2D eigenvalue weighted by Gasteiger charge is -2.09. The van der Waals surface area contributed by atoms with E-state index in [4.69, 9.17) is 10.00 Å². The first-order chi connectivity index (χ1) is 8.74. The number of halogens is 1. The summed E-state index contributed by atoms with van der Waals surface area (Å²) >= 11 is 3.40. The summed E-state index contributed by atoms with van der Waals surface area (Å²) in [5.74, 6) is 1.37. The molecule has 0 unspecified atom stereocenters. The fourth-order valence-corrected chi connectivity index (χ4v) is 1.81. The highest BCUT2D eigenvalue weighted by molar-refractivity contribution is 9.08. The topological polar surface area (TPSA) is 33.0 Å². The molecule has 0 amide bonds. The van der Waals surface area contributed by atoms with Crippen LogP contribution in [0.5, 0.6) is 5.75 Å². The summed E-state index contributed by atoms with van der Waals surface area (Å²) in [6.07, 6.45) is 6.69. The minimum atomic E-state index is 0.547. The van der Waals surface area contributed by atoms with Crippen LogP contribution < -0.4 is 4.74 Å². The molecule has 0 saturated carbocycles. The fourth-order valence-electron chi connectivity index (χ4n) is 1.46. The number of ether oxygens (including phenoxy) is 1. The average Bonchev–Trinajstić information content (AvgIpc) is 2.39. The van der Waals surface area contributed by atoms with Crippen LogP contribution in [0.3, 0.4) is 0 Å². The normalized spacial score (nSPS) is 11.6. The first-order valence-electron chi connectivity index (χ1n) is 5.84. The van der Waals surface area contributed by atoms with Crippen molar-refractivity contribution in [3.05, 3.63) is 53.3 Å². The molecule has 0 bridgehead atoms. The summed E-state index contributed by atoms with van der Waals surface area (Å²) in [5.41, 5.74) is 1.63. The third kappa shape index (κ3) is 4.05. The largest absolute Gasteiger partial charge is 0.456 e. The van der Waals surface area contributed by atoms with E-state index < -0.39 is 0 Å². The van der Waals surface area contributed by atoms with E-state index >= 15 is 0 Å². The zero-order valence-electron chi connectivity index (χ0n) is 10.6. The van der Waals surface area contributed by atoms with Crippen molar-refractivity contribution < 1.29 is 4.74 Å². The van der Waals surface area contributed by atoms with E-state index in [-0.39, 0.29) is 0 Å². The number of nitriles is 1. The molecule has 0 aromatic heterocycles. The molecule has 1 rings (SSSR count). The molecule has 2 nitrogen and oxygen atoms in total. The lowest BCUT2D eigenvalue weighted by atomic mass is 10.1. The minimum absolute atomic E-state index is 0.547. The zero-order valence-corrected chi connectivity index (χ0v) is 12.2. The van der Waals surface area contributed by atoms with Crippen molar-refractivity contribution in [2.45, 2.75) is 25.6 Å². The van der Waals surface area contributed by atoms with E-state index in [1.165, 1.54) is 0 Å². The number of nitrogens with zero attached hydrogens (tertiary/aromatic N) is 1. The Morgan fingerprint density at radius 2 is 2.28 bits per heavy atom. The molecule has 94 valence electrons. The number of hydrogen-bond acceptors (Lipinski definition) is 2. The fraction of sp³-hybridized carbons (Fsp3) is 0.267. The maximum Gasteiger partial charge on any atom is 0.145 e. The molecule has 18 heavy (non-hydrogen) atoms. The quantitative estimate of drug-likeness (QED) is 0.449. The molecule has 3 heteroatoms. The van der Waals surface area contributed by atoms with E-state index in [0.29, 0.717) is 11.3 Å². The average molecular weight is 306 g/mol. The molecule has 0 N–H and O–H groups in total. The van der Waals surface area contributed by atoms with Crippen molar-refractivity contribution in [1.29, 1.82) is 5.26 Å². The number of rotatable bonds is 5. The smallest absolute Gasteiger partial charge is 0.145 e. The van der Waals surface area contributed by atoms with Crippen LogP contribution in [0.2, 0.25) is 0 Å². The van der Waals surface area contributed by atoms with E-state index in [2.05, 4.69) is 22.0 Å². The number of hydrogen-bond donors (Lipinski definition) is 0. The van der Waals surface area contributed by atoms with Gasteiger partial charge in [0.1, 0.15) is 17.6 Å². The number of allylic oxidation sites excluding steroid dienone is 3. The Morgan fingerprint density at radius 1 is 1.50 bits per heavy atom. The Morgan fingerprint density at radius 3 is 2.83 bits per heavy atom.